The predicted octanol–water partition coefficient (Wildman–Crippen LogP) is 4.07. The van der Waals surface area contributed by atoms with E-state index in [9.17, 15) is 9.59 Å². The minimum Gasteiger partial charge on any atom is -0.300 e. The molecule has 0 spiro atoms. The summed E-state index contributed by atoms with van der Waals surface area (Å²) in [5.74, 6) is 0.947. The van der Waals surface area contributed by atoms with E-state index in [1.165, 1.54) is 32.1 Å². The molecule has 0 saturated heterocycles. The summed E-state index contributed by atoms with van der Waals surface area (Å²) in [6, 6.07) is 0. The minimum absolute atomic E-state index is 0.248. The van der Waals surface area contributed by atoms with Crippen molar-refractivity contribution in [3.05, 3.63) is 0 Å². The van der Waals surface area contributed by atoms with E-state index in [1.807, 2.05) is 6.92 Å². The first kappa shape index (κ1) is 14.4. The fraction of sp³-hybridized carbons (Fsp3) is 0.867. The average Bonchev–Trinajstić information content (AvgIpc) is 2.25. The van der Waals surface area contributed by atoms with Crippen molar-refractivity contribution >= 4 is 11.6 Å². The molecule has 0 atom stereocenters. The maximum Gasteiger partial charge on any atom is 0.133 e. The van der Waals surface area contributed by atoms with Crippen molar-refractivity contribution < 1.29 is 9.59 Å². The molecule has 1 aliphatic rings. The van der Waals surface area contributed by atoms with Gasteiger partial charge in [0.15, 0.2) is 0 Å². The quantitative estimate of drug-likeness (QED) is 0.637. The Kier molecular flexibility index (Phi) is 7.14. The van der Waals surface area contributed by atoms with Gasteiger partial charge < -0.3 is 0 Å². The molecular weight excluding hydrogens is 212 g/mol. The van der Waals surface area contributed by atoms with E-state index in [2.05, 4.69) is 0 Å². The summed E-state index contributed by atoms with van der Waals surface area (Å²) >= 11 is 0. The van der Waals surface area contributed by atoms with E-state index >= 15 is 0 Å². The summed E-state index contributed by atoms with van der Waals surface area (Å²) in [6.45, 7) is 2.03. The Hall–Kier alpha value is -0.660. The van der Waals surface area contributed by atoms with Crippen LogP contribution in [0.4, 0.5) is 0 Å². The van der Waals surface area contributed by atoms with Gasteiger partial charge >= 0.3 is 0 Å². The number of carbonyl (C=O) groups is 2. The molecule has 0 aromatic carbocycles. The van der Waals surface area contributed by atoms with Crippen molar-refractivity contribution in [2.45, 2.75) is 77.6 Å². The summed E-state index contributed by atoms with van der Waals surface area (Å²) in [5.41, 5.74) is 0. The van der Waals surface area contributed by atoms with Crippen molar-refractivity contribution in [1.29, 1.82) is 0 Å². The van der Waals surface area contributed by atoms with Gasteiger partial charge in [-0.3, -0.25) is 9.59 Å². The maximum atomic E-state index is 11.7. The number of hydrogen-bond donors (Lipinski definition) is 0. The lowest BCUT2D eigenvalue weighted by Gasteiger charge is -2.11. The van der Waals surface area contributed by atoms with Gasteiger partial charge in [-0.05, 0) is 18.8 Å². The van der Waals surface area contributed by atoms with Gasteiger partial charge in [-0.1, -0.05) is 39.0 Å². The summed E-state index contributed by atoms with van der Waals surface area (Å²) in [4.78, 5) is 23.3. The Morgan fingerprint density at radius 2 is 1.06 bits per heavy atom. The van der Waals surface area contributed by atoms with Gasteiger partial charge in [0.1, 0.15) is 11.6 Å². The first-order valence-corrected chi connectivity index (χ1v) is 7.22. The molecule has 0 unspecified atom stereocenters. The molecule has 0 aromatic heterocycles. The first-order chi connectivity index (χ1) is 8.18. The Morgan fingerprint density at radius 3 is 1.47 bits per heavy atom. The van der Waals surface area contributed by atoms with Gasteiger partial charge in [0.25, 0.3) is 0 Å². The molecule has 0 radical (unpaired) electrons. The molecule has 1 fully saturated rings. The number of ketones is 2. The largest absolute Gasteiger partial charge is 0.300 e. The van der Waals surface area contributed by atoms with Gasteiger partial charge in [-0.15, -0.1) is 0 Å². The Balaban J connectivity index is 2.36. The second-order valence-corrected chi connectivity index (χ2v) is 5.57. The zero-order valence-corrected chi connectivity index (χ0v) is 11.2. The van der Waals surface area contributed by atoms with E-state index in [0.29, 0.717) is 24.4 Å². The zero-order chi connectivity index (χ0) is 12.5. The fourth-order valence-electron chi connectivity index (χ4n) is 2.58. The summed E-state index contributed by atoms with van der Waals surface area (Å²) in [5, 5.41) is 0. The predicted molar refractivity (Wildman–Crippen MR) is 70.0 cm³/mol. The lowest BCUT2D eigenvalue weighted by Crippen LogP contribution is -2.10. The van der Waals surface area contributed by atoms with Crippen molar-refractivity contribution in [2.75, 3.05) is 0 Å². The first-order valence-electron chi connectivity index (χ1n) is 7.22. The Labute approximate surface area is 105 Å². The SMILES string of the molecule is CC1CC(=O)CCCCCCCCCC(=O)C1. The molecule has 1 saturated carbocycles. The average molecular weight is 238 g/mol. The van der Waals surface area contributed by atoms with E-state index in [1.54, 1.807) is 0 Å². The van der Waals surface area contributed by atoms with Crippen LogP contribution in [0.5, 0.6) is 0 Å². The smallest absolute Gasteiger partial charge is 0.133 e. The molecule has 2 heteroatoms. The lowest BCUT2D eigenvalue weighted by molar-refractivity contribution is -0.121. The van der Waals surface area contributed by atoms with Crippen LogP contribution in [-0.4, -0.2) is 11.6 Å². The highest BCUT2D eigenvalue weighted by atomic mass is 16.1. The highest BCUT2D eigenvalue weighted by Gasteiger charge is 2.13. The third-order valence-electron chi connectivity index (χ3n) is 3.56. The van der Waals surface area contributed by atoms with Crippen LogP contribution in [0.25, 0.3) is 0 Å². The number of carbonyl (C=O) groups excluding carboxylic acids is 2. The summed E-state index contributed by atoms with van der Waals surface area (Å²) in [7, 11) is 0. The van der Waals surface area contributed by atoms with Crippen LogP contribution in [0, 0.1) is 5.92 Å². The molecule has 0 amide bonds. The maximum absolute atomic E-state index is 11.7. The highest BCUT2D eigenvalue weighted by molar-refractivity contribution is 5.81. The van der Waals surface area contributed by atoms with Crippen LogP contribution < -0.4 is 0 Å². The van der Waals surface area contributed by atoms with E-state index in [4.69, 9.17) is 0 Å². The third-order valence-corrected chi connectivity index (χ3v) is 3.56. The van der Waals surface area contributed by atoms with Gasteiger partial charge in [-0.25, -0.2) is 0 Å². The van der Waals surface area contributed by atoms with E-state index < -0.39 is 0 Å². The van der Waals surface area contributed by atoms with Crippen molar-refractivity contribution in [1.82, 2.24) is 0 Å². The second-order valence-electron chi connectivity index (χ2n) is 5.57. The summed E-state index contributed by atoms with van der Waals surface area (Å²) in [6.07, 6.45) is 10.9. The lowest BCUT2D eigenvalue weighted by atomic mass is 9.93. The van der Waals surface area contributed by atoms with Crippen molar-refractivity contribution in [3.63, 3.8) is 0 Å². The molecule has 0 N–H and O–H groups in total. The standard InChI is InChI=1S/C15H26O2/c1-13-11-14(16)9-7-5-3-2-4-6-8-10-15(17)12-13/h13H,2-12H2,1H3. The molecule has 0 aliphatic heterocycles. The van der Waals surface area contributed by atoms with Crippen molar-refractivity contribution in [2.24, 2.45) is 5.92 Å². The highest BCUT2D eigenvalue weighted by Crippen LogP contribution is 2.17. The Morgan fingerprint density at radius 1 is 0.706 bits per heavy atom. The van der Waals surface area contributed by atoms with Crippen LogP contribution in [0.3, 0.4) is 0 Å². The van der Waals surface area contributed by atoms with Gasteiger partial charge in [0, 0.05) is 25.7 Å². The molecule has 1 rings (SSSR count). The van der Waals surface area contributed by atoms with Gasteiger partial charge in [0.2, 0.25) is 0 Å². The number of rotatable bonds is 0. The second kappa shape index (κ2) is 8.43. The fourth-order valence-corrected chi connectivity index (χ4v) is 2.58. The zero-order valence-electron chi connectivity index (χ0n) is 11.2. The monoisotopic (exact) mass is 238 g/mol. The molecule has 0 heterocycles. The molecule has 1 aliphatic carbocycles. The van der Waals surface area contributed by atoms with Crippen molar-refractivity contribution in [3.8, 4) is 0 Å². The van der Waals surface area contributed by atoms with Crippen LogP contribution in [0.2, 0.25) is 0 Å². The molecule has 0 bridgehead atoms. The third kappa shape index (κ3) is 7.30. The Bertz CT molecular complexity index is 221. The van der Waals surface area contributed by atoms with E-state index in [0.717, 1.165) is 25.7 Å². The molecular formula is C15H26O2. The minimum atomic E-state index is 0.248. The molecule has 98 valence electrons. The van der Waals surface area contributed by atoms with Crippen LogP contribution in [-0.2, 0) is 9.59 Å². The molecule has 17 heavy (non-hydrogen) atoms. The molecule has 2 nitrogen and oxygen atoms in total. The van der Waals surface area contributed by atoms with Crippen LogP contribution in [0.1, 0.15) is 77.6 Å². The topological polar surface area (TPSA) is 34.1 Å². The number of Topliss-reactive ketones (excluding diaryl/α,β-unsaturated/α-hetero) is 2. The van der Waals surface area contributed by atoms with Gasteiger partial charge in [-0.2, -0.15) is 0 Å². The normalized spacial score (nSPS) is 23.4. The number of hydrogen-bond acceptors (Lipinski definition) is 2. The van der Waals surface area contributed by atoms with Crippen LogP contribution >= 0.6 is 0 Å². The van der Waals surface area contributed by atoms with E-state index in [-0.39, 0.29) is 5.92 Å². The molecule has 0 aromatic rings. The van der Waals surface area contributed by atoms with Gasteiger partial charge in [0.05, 0.1) is 0 Å². The van der Waals surface area contributed by atoms with Crippen LogP contribution in [0.15, 0.2) is 0 Å². The summed E-state index contributed by atoms with van der Waals surface area (Å²) < 4.78 is 0.